The van der Waals surface area contributed by atoms with E-state index < -0.39 is 0 Å². The molecule has 0 aliphatic carbocycles. The van der Waals surface area contributed by atoms with Gasteiger partial charge in [0.15, 0.2) is 0 Å². The van der Waals surface area contributed by atoms with Gasteiger partial charge in [-0.1, -0.05) is 6.92 Å². The quantitative estimate of drug-likeness (QED) is 0.695. The van der Waals surface area contributed by atoms with Crippen molar-refractivity contribution >= 4 is 16.5 Å². The molecule has 2 N–H and O–H groups in total. The van der Waals surface area contributed by atoms with Crippen molar-refractivity contribution in [2.24, 2.45) is 0 Å². The summed E-state index contributed by atoms with van der Waals surface area (Å²) in [6, 6.07) is 12.3. The molecular formula is C20H24N4O. The highest BCUT2D eigenvalue weighted by Gasteiger charge is 2.11. The number of aromatic nitrogens is 2. The average molecular weight is 336 g/mol. The van der Waals surface area contributed by atoms with E-state index in [0.717, 1.165) is 36.0 Å². The molecular weight excluding hydrogens is 312 g/mol. The highest BCUT2D eigenvalue weighted by Crippen LogP contribution is 2.17. The first kappa shape index (κ1) is 17.2. The third-order valence-corrected chi connectivity index (χ3v) is 4.37. The van der Waals surface area contributed by atoms with E-state index in [2.05, 4.69) is 34.2 Å². The molecule has 0 spiro atoms. The van der Waals surface area contributed by atoms with Crippen LogP contribution in [-0.4, -0.2) is 34.5 Å². The fourth-order valence-corrected chi connectivity index (χ4v) is 3.04. The fraction of sp³-hybridized carbons (Fsp3) is 0.300. The van der Waals surface area contributed by atoms with Crippen LogP contribution in [0.25, 0.3) is 10.8 Å². The summed E-state index contributed by atoms with van der Waals surface area (Å²) in [6.07, 6.45) is 6.37. The topological polar surface area (TPSA) is 61.0 Å². The minimum absolute atomic E-state index is 0.0480. The van der Waals surface area contributed by atoms with Gasteiger partial charge in [-0.3, -0.25) is 9.78 Å². The average Bonchev–Trinajstić information content (AvgIpc) is 2.62. The number of rotatable bonds is 7. The van der Waals surface area contributed by atoms with Crippen LogP contribution in [-0.2, 0) is 6.54 Å². The van der Waals surface area contributed by atoms with Crippen LogP contribution in [0.4, 0.5) is 5.69 Å². The molecule has 0 saturated carbocycles. The number of pyridine rings is 2. The largest absolute Gasteiger partial charge is 0.381 e. The first-order valence-corrected chi connectivity index (χ1v) is 8.61. The zero-order chi connectivity index (χ0) is 17.6. The summed E-state index contributed by atoms with van der Waals surface area (Å²) in [4.78, 5) is 20.9. The molecule has 1 aromatic carbocycles. The summed E-state index contributed by atoms with van der Waals surface area (Å²) in [5.41, 5.74) is 2.26. The van der Waals surface area contributed by atoms with Crippen molar-refractivity contribution in [3.05, 3.63) is 70.9 Å². The van der Waals surface area contributed by atoms with Gasteiger partial charge in [-0.15, -0.1) is 0 Å². The van der Waals surface area contributed by atoms with Crippen molar-refractivity contribution in [1.82, 2.24) is 14.9 Å². The van der Waals surface area contributed by atoms with Crippen molar-refractivity contribution in [2.45, 2.75) is 25.9 Å². The molecule has 2 aromatic heterocycles. The second-order valence-corrected chi connectivity index (χ2v) is 6.41. The van der Waals surface area contributed by atoms with Gasteiger partial charge in [0.2, 0.25) is 0 Å². The van der Waals surface area contributed by atoms with E-state index in [9.17, 15) is 4.79 Å². The van der Waals surface area contributed by atoms with E-state index in [1.807, 2.05) is 48.8 Å². The minimum Gasteiger partial charge on any atom is -0.381 e. The molecule has 2 heterocycles. The van der Waals surface area contributed by atoms with Gasteiger partial charge in [0.05, 0.1) is 0 Å². The Balaban J connectivity index is 1.66. The van der Waals surface area contributed by atoms with Gasteiger partial charge in [0, 0.05) is 48.8 Å². The summed E-state index contributed by atoms with van der Waals surface area (Å²) in [6.45, 7) is 4.02. The predicted molar refractivity (Wildman–Crippen MR) is 103 cm³/mol. The van der Waals surface area contributed by atoms with E-state index in [-0.39, 0.29) is 5.56 Å². The highest BCUT2D eigenvalue weighted by atomic mass is 16.1. The maximum atomic E-state index is 11.8. The van der Waals surface area contributed by atoms with Gasteiger partial charge in [-0.2, -0.15) is 0 Å². The SMILES string of the molecule is CCC(CN(C)Cc1ccncc1)Nc1ccc2c(=O)[nH]ccc2c1. The second kappa shape index (κ2) is 7.94. The van der Waals surface area contributed by atoms with Gasteiger partial charge < -0.3 is 15.2 Å². The molecule has 5 heteroatoms. The van der Waals surface area contributed by atoms with Crippen molar-refractivity contribution in [3.8, 4) is 0 Å². The van der Waals surface area contributed by atoms with Crippen molar-refractivity contribution < 1.29 is 0 Å². The number of hydrogen-bond donors (Lipinski definition) is 2. The van der Waals surface area contributed by atoms with Crippen LogP contribution < -0.4 is 10.9 Å². The Hall–Kier alpha value is -2.66. The van der Waals surface area contributed by atoms with E-state index >= 15 is 0 Å². The molecule has 0 bridgehead atoms. The van der Waals surface area contributed by atoms with E-state index in [1.165, 1.54) is 5.56 Å². The van der Waals surface area contributed by atoms with Crippen molar-refractivity contribution in [1.29, 1.82) is 0 Å². The Kier molecular flexibility index (Phi) is 5.46. The molecule has 0 amide bonds. The molecule has 5 nitrogen and oxygen atoms in total. The number of fused-ring (bicyclic) bond motifs is 1. The van der Waals surface area contributed by atoms with Crippen LogP contribution >= 0.6 is 0 Å². The maximum Gasteiger partial charge on any atom is 0.255 e. The van der Waals surface area contributed by atoms with Gasteiger partial charge in [0.25, 0.3) is 5.56 Å². The van der Waals surface area contributed by atoms with Crippen LogP contribution in [0.2, 0.25) is 0 Å². The molecule has 25 heavy (non-hydrogen) atoms. The monoisotopic (exact) mass is 336 g/mol. The second-order valence-electron chi connectivity index (χ2n) is 6.41. The number of nitrogens with one attached hydrogen (secondary N) is 2. The van der Waals surface area contributed by atoms with Crippen LogP contribution in [0, 0.1) is 0 Å². The summed E-state index contributed by atoms with van der Waals surface area (Å²) in [5, 5.41) is 5.26. The standard InChI is InChI=1S/C20H24N4O/c1-3-17(14-24(2)13-15-6-9-21-10-7-15)23-18-4-5-19-16(12-18)8-11-22-20(19)25/h4-12,17,23H,3,13-14H2,1-2H3,(H,22,25). The Morgan fingerprint density at radius 3 is 2.76 bits per heavy atom. The molecule has 3 rings (SSSR count). The lowest BCUT2D eigenvalue weighted by atomic mass is 10.1. The van der Waals surface area contributed by atoms with Crippen LogP contribution in [0.3, 0.4) is 0 Å². The van der Waals surface area contributed by atoms with Gasteiger partial charge in [-0.25, -0.2) is 0 Å². The number of nitrogens with zero attached hydrogens (tertiary/aromatic N) is 2. The normalized spacial score (nSPS) is 12.4. The molecule has 0 aliphatic heterocycles. The molecule has 0 fully saturated rings. The summed E-state index contributed by atoms with van der Waals surface area (Å²) < 4.78 is 0. The number of likely N-dealkylation sites (N-methyl/N-ethyl adjacent to an activating group) is 1. The van der Waals surface area contributed by atoms with E-state index in [4.69, 9.17) is 0 Å². The molecule has 0 aliphatic rings. The number of hydrogen-bond acceptors (Lipinski definition) is 4. The van der Waals surface area contributed by atoms with Gasteiger partial charge in [0.1, 0.15) is 0 Å². The van der Waals surface area contributed by atoms with Crippen LogP contribution in [0.1, 0.15) is 18.9 Å². The Morgan fingerprint density at radius 1 is 1.20 bits per heavy atom. The maximum absolute atomic E-state index is 11.8. The lowest BCUT2D eigenvalue weighted by Crippen LogP contribution is -2.33. The van der Waals surface area contributed by atoms with Crippen molar-refractivity contribution in [3.63, 3.8) is 0 Å². The zero-order valence-electron chi connectivity index (χ0n) is 14.7. The van der Waals surface area contributed by atoms with Gasteiger partial charge >= 0.3 is 0 Å². The number of benzene rings is 1. The first-order chi connectivity index (χ1) is 12.2. The Labute approximate surface area is 147 Å². The third-order valence-electron chi connectivity index (χ3n) is 4.37. The Bertz CT molecular complexity index is 876. The molecule has 3 aromatic rings. The smallest absolute Gasteiger partial charge is 0.255 e. The number of anilines is 1. The lowest BCUT2D eigenvalue weighted by Gasteiger charge is -2.25. The third kappa shape index (κ3) is 4.45. The minimum atomic E-state index is -0.0480. The van der Waals surface area contributed by atoms with E-state index in [0.29, 0.717) is 6.04 Å². The summed E-state index contributed by atoms with van der Waals surface area (Å²) in [7, 11) is 2.13. The highest BCUT2D eigenvalue weighted by molar-refractivity contribution is 5.84. The summed E-state index contributed by atoms with van der Waals surface area (Å²) in [5.74, 6) is 0. The van der Waals surface area contributed by atoms with E-state index in [1.54, 1.807) is 6.20 Å². The van der Waals surface area contributed by atoms with Gasteiger partial charge in [-0.05, 0) is 60.8 Å². The molecule has 0 radical (unpaired) electrons. The fourth-order valence-electron chi connectivity index (χ4n) is 3.04. The van der Waals surface area contributed by atoms with Crippen LogP contribution in [0.15, 0.2) is 59.8 Å². The molecule has 1 atom stereocenters. The number of H-pyrrole nitrogens is 1. The summed E-state index contributed by atoms with van der Waals surface area (Å²) >= 11 is 0. The van der Waals surface area contributed by atoms with Crippen LogP contribution in [0.5, 0.6) is 0 Å². The molecule has 0 saturated heterocycles. The van der Waals surface area contributed by atoms with Crippen molar-refractivity contribution in [2.75, 3.05) is 18.9 Å². The zero-order valence-corrected chi connectivity index (χ0v) is 14.7. The molecule has 130 valence electrons. The first-order valence-electron chi connectivity index (χ1n) is 8.61. The predicted octanol–water partition coefficient (Wildman–Crippen LogP) is 3.25. The Morgan fingerprint density at radius 2 is 2.00 bits per heavy atom. The molecule has 1 unspecified atom stereocenters. The lowest BCUT2D eigenvalue weighted by molar-refractivity contribution is 0.308. The number of aromatic amines is 1.